The number of aliphatic hydroxyl groups excluding tert-OH is 1. The van der Waals surface area contributed by atoms with Crippen molar-refractivity contribution in [1.29, 1.82) is 0 Å². The molecule has 0 saturated carbocycles. The van der Waals surface area contributed by atoms with Gasteiger partial charge >= 0.3 is 0 Å². The highest BCUT2D eigenvalue weighted by Gasteiger charge is 2.60. The molecule has 1 N–H and O–H groups in total. The van der Waals surface area contributed by atoms with Gasteiger partial charge in [-0.1, -0.05) is 18.5 Å². The number of carbonyl (C=O) groups is 2. The molecule has 1 spiro atoms. The van der Waals surface area contributed by atoms with E-state index in [0.29, 0.717) is 6.42 Å². The number of sulfone groups is 1. The van der Waals surface area contributed by atoms with Gasteiger partial charge in [-0.3, -0.25) is 14.6 Å². The van der Waals surface area contributed by atoms with E-state index in [1.165, 1.54) is 20.3 Å². The van der Waals surface area contributed by atoms with Crippen LogP contribution < -0.4 is 14.2 Å². The predicted molar refractivity (Wildman–Crippen MR) is 116 cm³/mol. The third-order valence-electron chi connectivity index (χ3n) is 6.13. The molecule has 1 saturated heterocycles. The van der Waals surface area contributed by atoms with Crippen LogP contribution in [0.3, 0.4) is 0 Å². The molecule has 0 radical (unpaired) electrons. The maximum atomic E-state index is 13.6. The fourth-order valence-corrected chi connectivity index (χ4v) is 6.29. The molecule has 1 unspecified atom stereocenters. The van der Waals surface area contributed by atoms with E-state index in [-0.39, 0.29) is 51.3 Å². The molecule has 11 heteroatoms. The number of Topliss-reactive ketones (excluding diaryl/α,β-unsaturated/α-hetero) is 2. The second-order valence-corrected chi connectivity index (χ2v) is 10.7. The van der Waals surface area contributed by atoms with Crippen LogP contribution in [0.25, 0.3) is 0 Å². The second-order valence-electron chi connectivity index (χ2n) is 8.09. The molecule has 4 rings (SSSR count). The maximum absolute atomic E-state index is 13.6. The van der Waals surface area contributed by atoms with E-state index < -0.39 is 44.7 Å². The third kappa shape index (κ3) is 3.27. The number of fused-ring (bicyclic) bond motifs is 1. The zero-order valence-electron chi connectivity index (χ0n) is 17.7. The quantitative estimate of drug-likeness (QED) is 0.646. The van der Waals surface area contributed by atoms with Crippen molar-refractivity contribution in [3.05, 3.63) is 28.0 Å². The number of halogens is 1. The number of nitrogens with zero attached hydrogens (tertiary/aromatic N) is 1. The van der Waals surface area contributed by atoms with E-state index in [1.807, 2.05) is 0 Å². The highest BCUT2D eigenvalue weighted by molar-refractivity contribution is 7.91. The minimum absolute atomic E-state index is 0.00112. The molecule has 1 aliphatic carbocycles. The summed E-state index contributed by atoms with van der Waals surface area (Å²) in [6, 6.07) is 0.934. The minimum atomic E-state index is -3.17. The monoisotopic (exact) mass is 483 g/mol. The molecule has 172 valence electrons. The zero-order chi connectivity index (χ0) is 23.4. The number of benzene rings is 1. The first-order valence-corrected chi connectivity index (χ1v) is 12.1. The molecule has 2 heterocycles. The zero-order valence-corrected chi connectivity index (χ0v) is 19.2. The second kappa shape index (κ2) is 7.77. The van der Waals surface area contributed by atoms with E-state index in [1.54, 1.807) is 6.92 Å². The van der Waals surface area contributed by atoms with Gasteiger partial charge in [-0.05, 0) is 6.42 Å². The molecule has 2 aliphatic heterocycles. The Morgan fingerprint density at radius 2 is 1.97 bits per heavy atom. The fraction of sp³-hybridized carbons (Fsp3) is 0.476. The van der Waals surface area contributed by atoms with Crippen LogP contribution in [0.4, 0.5) is 0 Å². The number of allylic oxidation sites excluding steroid dienone is 1. The molecule has 32 heavy (non-hydrogen) atoms. The Morgan fingerprint density at radius 3 is 2.56 bits per heavy atom. The van der Waals surface area contributed by atoms with Gasteiger partial charge in [0, 0.05) is 24.6 Å². The number of aliphatic hydroxyl groups is 1. The van der Waals surface area contributed by atoms with Crippen molar-refractivity contribution in [1.82, 2.24) is 0 Å². The average Bonchev–Trinajstić information content (AvgIpc) is 3.25. The van der Waals surface area contributed by atoms with Crippen LogP contribution in [0.5, 0.6) is 17.2 Å². The van der Waals surface area contributed by atoms with Crippen molar-refractivity contribution in [2.75, 3.05) is 25.7 Å². The Kier molecular flexibility index (Phi) is 5.49. The smallest absolute Gasteiger partial charge is 0.231 e. The van der Waals surface area contributed by atoms with E-state index in [9.17, 15) is 23.1 Å². The summed E-state index contributed by atoms with van der Waals surface area (Å²) in [5, 5.41) is 11.2. The van der Waals surface area contributed by atoms with Crippen LogP contribution in [0.1, 0.15) is 30.1 Å². The molecule has 1 fully saturated rings. The molecule has 9 nitrogen and oxygen atoms in total. The fourth-order valence-electron chi connectivity index (χ4n) is 4.39. The summed E-state index contributed by atoms with van der Waals surface area (Å²) in [6.45, 7) is 1.62. The third-order valence-corrected chi connectivity index (χ3v) is 8.24. The first kappa shape index (κ1) is 22.6. The molecular formula is C21H22ClNO8S. The van der Waals surface area contributed by atoms with Crippen molar-refractivity contribution in [3.63, 3.8) is 0 Å². The molecular weight excluding hydrogens is 462 g/mol. The number of ether oxygens (including phenoxy) is 3. The van der Waals surface area contributed by atoms with Crippen LogP contribution in [0, 0.1) is 5.92 Å². The van der Waals surface area contributed by atoms with Gasteiger partial charge < -0.3 is 19.3 Å². The molecule has 3 aliphatic rings. The maximum Gasteiger partial charge on any atom is 0.231 e. The van der Waals surface area contributed by atoms with Crippen LogP contribution in [0.2, 0.25) is 5.02 Å². The number of hydrogen-bond acceptors (Lipinski definition) is 9. The number of methoxy groups -OCH3 is 2. The minimum Gasteiger partial charge on any atom is -0.507 e. The van der Waals surface area contributed by atoms with Gasteiger partial charge in [0.1, 0.15) is 22.1 Å². The summed E-state index contributed by atoms with van der Waals surface area (Å²) in [4.78, 5) is 30.5. The van der Waals surface area contributed by atoms with Crippen molar-refractivity contribution in [2.24, 2.45) is 10.9 Å². The van der Waals surface area contributed by atoms with Gasteiger partial charge in [0.05, 0.1) is 37.3 Å². The van der Waals surface area contributed by atoms with Gasteiger partial charge in [0.15, 0.2) is 27.1 Å². The van der Waals surface area contributed by atoms with Crippen molar-refractivity contribution < 1.29 is 37.3 Å². The lowest BCUT2D eigenvalue weighted by atomic mass is 9.73. The molecule has 0 bridgehead atoms. The predicted octanol–water partition coefficient (Wildman–Crippen LogP) is 2.35. The average molecular weight is 484 g/mol. The number of aliphatic imine (C=N–C) groups is 1. The van der Waals surface area contributed by atoms with Crippen molar-refractivity contribution in [2.45, 2.75) is 31.4 Å². The lowest BCUT2D eigenvalue weighted by Gasteiger charge is -2.36. The molecule has 3 atom stereocenters. The van der Waals surface area contributed by atoms with Crippen LogP contribution in [-0.2, 0) is 14.6 Å². The number of rotatable bonds is 4. The molecule has 1 aromatic rings. The van der Waals surface area contributed by atoms with E-state index in [2.05, 4.69) is 4.99 Å². The summed E-state index contributed by atoms with van der Waals surface area (Å²) in [7, 11) is -0.394. The summed E-state index contributed by atoms with van der Waals surface area (Å²) < 4.78 is 39.9. The highest BCUT2D eigenvalue weighted by Crippen LogP contribution is 2.54. The number of carbonyl (C=O) groups excluding carboxylic acids is 2. The highest BCUT2D eigenvalue weighted by atomic mass is 35.5. The molecule has 0 amide bonds. The van der Waals surface area contributed by atoms with Crippen LogP contribution in [-0.4, -0.2) is 68.7 Å². The van der Waals surface area contributed by atoms with Gasteiger partial charge in [0.2, 0.25) is 11.4 Å². The first-order chi connectivity index (χ1) is 15.1. The Bertz CT molecular complexity index is 1190. The molecule has 1 aromatic carbocycles. The van der Waals surface area contributed by atoms with Gasteiger partial charge in [-0.15, -0.1) is 0 Å². The lowest BCUT2D eigenvalue weighted by Crippen LogP contribution is -2.52. The van der Waals surface area contributed by atoms with Crippen molar-refractivity contribution >= 4 is 39.2 Å². The van der Waals surface area contributed by atoms with Gasteiger partial charge in [-0.2, -0.15) is 0 Å². The Balaban J connectivity index is 1.82. The van der Waals surface area contributed by atoms with E-state index in [0.717, 1.165) is 6.21 Å². The standard InChI is InChI=1S/C21H22ClNO8S/c1-10-6-13(24)12(8-23-11-4-5-32(27,28)9-11)19(25)21(10)20(26)16-14(29-2)7-15(30-3)17(22)18(16)31-21/h7-8,10-11,25H,4-6,9H2,1-3H3/t10-,11?,21+/m1/s1. The Hall–Kier alpha value is -2.59. The van der Waals surface area contributed by atoms with E-state index in [4.69, 9.17) is 25.8 Å². The Labute approximate surface area is 189 Å². The Morgan fingerprint density at radius 1 is 1.28 bits per heavy atom. The van der Waals surface area contributed by atoms with Gasteiger partial charge in [-0.25, -0.2) is 8.42 Å². The summed E-state index contributed by atoms with van der Waals surface area (Å²) in [6.07, 6.45) is 1.39. The summed E-state index contributed by atoms with van der Waals surface area (Å²) in [5.74, 6) is -2.04. The normalized spacial score (nSPS) is 29.0. The van der Waals surface area contributed by atoms with Crippen molar-refractivity contribution in [3.8, 4) is 17.2 Å². The number of hydrogen-bond donors (Lipinski definition) is 1. The summed E-state index contributed by atoms with van der Waals surface area (Å²) >= 11 is 6.38. The van der Waals surface area contributed by atoms with E-state index >= 15 is 0 Å². The number of ketones is 2. The lowest BCUT2D eigenvalue weighted by molar-refractivity contribution is -0.118. The SMILES string of the molecule is COc1cc(OC)c2c(c1Cl)O[C@]1(C2=O)C(O)=C(C=NC2CCS(=O)(=O)C2)C(=O)C[C@H]1C. The van der Waals surface area contributed by atoms with Crippen LogP contribution in [0.15, 0.2) is 22.4 Å². The molecule has 0 aromatic heterocycles. The first-order valence-electron chi connectivity index (χ1n) is 9.94. The summed E-state index contributed by atoms with van der Waals surface area (Å²) in [5.41, 5.74) is -2.03. The topological polar surface area (TPSA) is 129 Å². The van der Waals surface area contributed by atoms with Crippen LogP contribution >= 0.6 is 11.6 Å². The largest absolute Gasteiger partial charge is 0.507 e. The van der Waals surface area contributed by atoms with Gasteiger partial charge in [0.25, 0.3) is 0 Å².